The van der Waals surface area contributed by atoms with Crippen LogP contribution < -0.4 is 0 Å². The van der Waals surface area contributed by atoms with Gasteiger partial charge in [-0.1, -0.05) is 76.7 Å². The molecule has 1 unspecified atom stereocenters. The molecule has 152 valence electrons. The molecule has 0 aliphatic carbocycles. The van der Waals surface area contributed by atoms with Gasteiger partial charge in [0.05, 0.1) is 15.1 Å². The summed E-state index contributed by atoms with van der Waals surface area (Å²) in [6.07, 6.45) is 0. The van der Waals surface area contributed by atoms with Crippen molar-refractivity contribution in [2.45, 2.75) is 4.75 Å². The highest BCUT2D eigenvalue weighted by Crippen LogP contribution is 2.53. The number of phenolic OH excluding ortho intramolecular Hbond substituents is 2. The van der Waals surface area contributed by atoms with Gasteiger partial charge in [-0.3, -0.25) is 4.55 Å². The number of benzene rings is 3. The van der Waals surface area contributed by atoms with Gasteiger partial charge in [0.15, 0.2) is 4.75 Å². The zero-order valence-corrected chi connectivity index (χ0v) is 18.1. The van der Waals surface area contributed by atoms with Gasteiger partial charge in [0, 0.05) is 27.8 Å². The zero-order valence-electron chi connectivity index (χ0n) is 14.3. The lowest BCUT2D eigenvalue weighted by atomic mass is 9.83. The minimum Gasteiger partial charge on any atom is -0.508 e. The van der Waals surface area contributed by atoms with Crippen LogP contribution in [0.3, 0.4) is 0 Å². The van der Waals surface area contributed by atoms with E-state index in [9.17, 15) is 23.2 Å². The molecule has 0 fully saturated rings. The Morgan fingerprint density at radius 1 is 0.724 bits per heavy atom. The van der Waals surface area contributed by atoms with Crippen molar-refractivity contribution in [3.63, 3.8) is 0 Å². The summed E-state index contributed by atoms with van der Waals surface area (Å²) in [5.74, 6) is -0.850. The number of halogens is 4. The van der Waals surface area contributed by atoms with Gasteiger partial charge < -0.3 is 10.2 Å². The summed E-state index contributed by atoms with van der Waals surface area (Å²) >= 11 is 25.0. The van der Waals surface area contributed by atoms with Crippen molar-refractivity contribution in [3.05, 3.63) is 91.4 Å². The van der Waals surface area contributed by atoms with E-state index in [2.05, 4.69) is 0 Å². The molecule has 0 bridgehead atoms. The Hall–Kier alpha value is -1.67. The van der Waals surface area contributed by atoms with E-state index in [1.807, 2.05) is 0 Å². The minimum absolute atomic E-state index is 0.0416. The molecule has 0 saturated carbocycles. The van der Waals surface area contributed by atoms with Crippen molar-refractivity contribution in [2.75, 3.05) is 0 Å². The minimum atomic E-state index is -5.14. The first-order valence-electron chi connectivity index (χ1n) is 7.90. The molecule has 0 saturated heterocycles. The molecule has 3 rings (SSSR count). The first-order chi connectivity index (χ1) is 13.5. The summed E-state index contributed by atoms with van der Waals surface area (Å²) in [5.41, 5.74) is -0.647. The van der Waals surface area contributed by atoms with Gasteiger partial charge in [-0.15, -0.1) is 0 Å². The third kappa shape index (κ3) is 3.54. The van der Waals surface area contributed by atoms with Gasteiger partial charge in [0.1, 0.15) is 11.5 Å². The van der Waals surface area contributed by atoms with Gasteiger partial charge in [0.25, 0.3) is 10.1 Å². The van der Waals surface area contributed by atoms with E-state index in [0.29, 0.717) is 0 Å². The van der Waals surface area contributed by atoms with E-state index in [1.54, 1.807) is 6.07 Å². The number of rotatable bonds is 4. The molecule has 0 spiro atoms. The van der Waals surface area contributed by atoms with Gasteiger partial charge in [0.2, 0.25) is 0 Å². The Bertz CT molecular complexity index is 1210. The van der Waals surface area contributed by atoms with Crippen LogP contribution >= 0.6 is 46.4 Å². The Labute approximate surface area is 186 Å². The van der Waals surface area contributed by atoms with Crippen LogP contribution in [0.2, 0.25) is 20.1 Å². The molecule has 3 aromatic carbocycles. The molecule has 0 radical (unpaired) electrons. The van der Waals surface area contributed by atoms with Crippen molar-refractivity contribution in [1.29, 1.82) is 0 Å². The Morgan fingerprint density at radius 3 is 1.97 bits per heavy atom. The van der Waals surface area contributed by atoms with Crippen LogP contribution in [-0.2, 0) is 14.9 Å². The van der Waals surface area contributed by atoms with Gasteiger partial charge in [-0.2, -0.15) is 8.42 Å². The fourth-order valence-electron chi connectivity index (χ4n) is 3.22. The molecule has 0 aliphatic rings. The average molecular weight is 494 g/mol. The molecule has 0 aromatic heterocycles. The summed E-state index contributed by atoms with van der Waals surface area (Å²) in [4.78, 5) is 0. The Kier molecular flexibility index (Phi) is 5.98. The van der Waals surface area contributed by atoms with E-state index in [1.165, 1.54) is 36.4 Å². The normalized spacial score (nSPS) is 13.8. The second-order valence-corrected chi connectivity index (χ2v) is 9.20. The van der Waals surface area contributed by atoms with Crippen LogP contribution in [0.25, 0.3) is 0 Å². The van der Waals surface area contributed by atoms with Crippen molar-refractivity contribution in [3.8, 4) is 11.5 Å². The lowest BCUT2D eigenvalue weighted by Gasteiger charge is -2.34. The molecule has 0 amide bonds. The van der Waals surface area contributed by atoms with Crippen LogP contribution in [0.4, 0.5) is 0 Å². The third-order valence-corrected chi connectivity index (χ3v) is 7.35. The molecular formula is C19H12Cl4O5S. The third-order valence-electron chi connectivity index (χ3n) is 4.39. The highest BCUT2D eigenvalue weighted by molar-refractivity contribution is 7.87. The zero-order chi connectivity index (χ0) is 21.6. The van der Waals surface area contributed by atoms with Crippen molar-refractivity contribution < 1.29 is 23.2 Å². The molecule has 10 heteroatoms. The summed E-state index contributed by atoms with van der Waals surface area (Å²) in [6.45, 7) is 0. The molecule has 3 N–H and O–H groups in total. The second kappa shape index (κ2) is 7.87. The summed E-state index contributed by atoms with van der Waals surface area (Å²) in [6, 6.07) is 11.8. The fraction of sp³-hybridized carbons (Fsp3) is 0.0526. The predicted molar refractivity (Wildman–Crippen MR) is 114 cm³/mol. The van der Waals surface area contributed by atoms with Gasteiger partial charge in [-0.05, 0) is 18.2 Å². The molecule has 0 aliphatic heterocycles. The van der Waals surface area contributed by atoms with Crippen LogP contribution in [0, 0.1) is 0 Å². The van der Waals surface area contributed by atoms with Crippen LogP contribution in [0.5, 0.6) is 11.5 Å². The quantitative estimate of drug-likeness (QED) is 0.311. The predicted octanol–water partition coefficient (Wildman–Crippen LogP) is 5.89. The Balaban J connectivity index is 2.68. The fourth-order valence-corrected chi connectivity index (χ4v) is 5.74. The maximum atomic E-state index is 13.0. The van der Waals surface area contributed by atoms with Crippen LogP contribution in [0.15, 0.2) is 54.6 Å². The first kappa shape index (κ1) is 22.0. The summed E-state index contributed by atoms with van der Waals surface area (Å²) < 4.78 is 34.0. The SMILES string of the molecule is O=S(=O)(O)C(c1ccccc1Cl)(c1cccc(O)c1Cl)c1cc(O)cc(Cl)c1Cl. The molecular weight excluding hydrogens is 482 g/mol. The van der Waals surface area contributed by atoms with Crippen molar-refractivity contribution >= 4 is 56.5 Å². The maximum absolute atomic E-state index is 13.0. The topological polar surface area (TPSA) is 94.8 Å². The largest absolute Gasteiger partial charge is 0.508 e. The number of hydrogen-bond donors (Lipinski definition) is 3. The average Bonchev–Trinajstić information content (AvgIpc) is 2.63. The van der Waals surface area contributed by atoms with E-state index < -0.39 is 26.4 Å². The van der Waals surface area contributed by atoms with Crippen LogP contribution in [-0.4, -0.2) is 23.2 Å². The number of aromatic hydroxyl groups is 2. The molecule has 1 atom stereocenters. The smallest absolute Gasteiger partial charge is 0.283 e. The van der Waals surface area contributed by atoms with Gasteiger partial charge in [-0.25, -0.2) is 0 Å². The highest BCUT2D eigenvalue weighted by atomic mass is 35.5. The van der Waals surface area contributed by atoms with E-state index in [0.717, 1.165) is 12.1 Å². The molecule has 5 nitrogen and oxygen atoms in total. The van der Waals surface area contributed by atoms with E-state index in [4.69, 9.17) is 46.4 Å². The highest BCUT2D eigenvalue weighted by Gasteiger charge is 2.52. The van der Waals surface area contributed by atoms with E-state index in [-0.39, 0.29) is 36.8 Å². The summed E-state index contributed by atoms with van der Waals surface area (Å²) in [5, 5.41) is 19.4. The number of phenols is 2. The Morgan fingerprint density at radius 2 is 1.34 bits per heavy atom. The molecule has 29 heavy (non-hydrogen) atoms. The van der Waals surface area contributed by atoms with Crippen molar-refractivity contribution in [1.82, 2.24) is 0 Å². The maximum Gasteiger partial charge on any atom is 0.283 e. The van der Waals surface area contributed by atoms with E-state index >= 15 is 0 Å². The molecule has 0 heterocycles. The summed E-state index contributed by atoms with van der Waals surface area (Å²) in [7, 11) is -5.14. The first-order valence-corrected chi connectivity index (χ1v) is 10.9. The molecule has 3 aromatic rings. The standard InChI is InChI=1S/C19H12Cl4O5S/c20-14-6-2-1-4-11(14)19(29(26,27)28,12-5-3-7-16(25)18(12)23)13-8-10(24)9-15(21)17(13)22/h1-9,24-25H,(H,26,27,28). The number of hydrogen-bond acceptors (Lipinski definition) is 4. The van der Waals surface area contributed by atoms with Crippen LogP contribution in [0.1, 0.15) is 16.7 Å². The second-order valence-electron chi connectivity index (χ2n) is 6.06. The lowest BCUT2D eigenvalue weighted by Crippen LogP contribution is -2.39. The van der Waals surface area contributed by atoms with Gasteiger partial charge >= 0.3 is 0 Å². The lowest BCUT2D eigenvalue weighted by molar-refractivity contribution is 0.455. The monoisotopic (exact) mass is 492 g/mol. The van der Waals surface area contributed by atoms with Crippen molar-refractivity contribution in [2.24, 2.45) is 0 Å².